The standard InChI is InChI=1S/C14H19NO4/c1-4-15-13(16)10(2)19-14(17)11(3)18-12-8-6-5-7-9-12/h5-11H,4H2,1-3H3,(H,15,16)/t10-,11+/m1/s1. The molecule has 0 aliphatic carbocycles. The number of benzene rings is 1. The molecule has 0 heterocycles. The van der Waals surface area contributed by atoms with Gasteiger partial charge in [0.2, 0.25) is 0 Å². The fourth-order valence-corrected chi connectivity index (χ4v) is 1.39. The Morgan fingerprint density at radius 1 is 1.16 bits per heavy atom. The number of hydrogen-bond acceptors (Lipinski definition) is 4. The number of rotatable bonds is 6. The smallest absolute Gasteiger partial charge is 0.347 e. The van der Waals surface area contributed by atoms with Gasteiger partial charge in [-0.25, -0.2) is 4.79 Å². The maximum Gasteiger partial charge on any atom is 0.347 e. The molecule has 0 aliphatic rings. The lowest BCUT2D eigenvalue weighted by Gasteiger charge is -2.17. The van der Waals surface area contributed by atoms with Crippen molar-refractivity contribution in [3.63, 3.8) is 0 Å². The van der Waals surface area contributed by atoms with Crippen LogP contribution in [-0.4, -0.2) is 30.6 Å². The molecule has 0 saturated heterocycles. The average molecular weight is 265 g/mol. The van der Waals surface area contributed by atoms with Gasteiger partial charge in [0.25, 0.3) is 5.91 Å². The van der Waals surface area contributed by atoms with Crippen LogP contribution >= 0.6 is 0 Å². The van der Waals surface area contributed by atoms with Crippen LogP contribution in [0.5, 0.6) is 5.75 Å². The summed E-state index contributed by atoms with van der Waals surface area (Å²) in [6.45, 7) is 5.41. The van der Waals surface area contributed by atoms with Crippen LogP contribution < -0.4 is 10.1 Å². The third kappa shape index (κ3) is 4.99. The molecular weight excluding hydrogens is 246 g/mol. The second-order valence-corrected chi connectivity index (χ2v) is 4.05. The van der Waals surface area contributed by atoms with E-state index in [0.717, 1.165) is 0 Å². The van der Waals surface area contributed by atoms with Crippen molar-refractivity contribution in [1.82, 2.24) is 5.32 Å². The number of amides is 1. The van der Waals surface area contributed by atoms with Crippen LogP contribution in [0.1, 0.15) is 20.8 Å². The molecule has 1 aromatic carbocycles. The third-order valence-corrected chi connectivity index (χ3v) is 2.40. The molecule has 19 heavy (non-hydrogen) atoms. The third-order valence-electron chi connectivity index (χ3n) is 2.40. The van der Waals surface area contributed by atoms with Crippen LogP contribution in [0.3, 0.4) is 0 Å². The minimum absolute atomic E-state index is 0.317. The van der Waals surface area contributed by atoms with Crippen molar-refractivity contribution in [3.8, 4) is 5.75 Å². The lowest BCUT2D eigenvalue weighted by Crippen LogP contribution is -2.38. The Kier molecular flexibility index (Phi) is 5.85. The summed E-state index contributed by atoms with van der Waals surface area (Å²) >= 11 is 0. The van der Waals surface area contributed by atoms with Crippen molar-refractivity contribution in [2.45, 2.75) is 33.0 Å². The molecule has 5 nitrogen and oxygen atoms in total. The number of likely N-dealkylation sites (N-methyl/N-ethyl adjacent to an activating group) is 1. The monoisotopic (exact) mass is 265 g/mol. The van der Waals surface area contributed by atoms with Gasteiger partial charge in [-0.05, 0) is 32.9 Å². The van der Waals surface area contributed by atoms with Crippen molar-refractivity contribution in [2.75, 3.05) is 6.54 Å². The zero-order valence-corrected chi connectivity index (χ0v) is 11.4. The molecule has 1 aromatic rings. The Hall–Kier alpha value is -2.04. The van der Waals surface area contributed by atoms with E-state index in [-0.39, 0.29) is 5.91 Å². The van der Waals surface area contributed by atoms with E-state index in [4.69, 9.17) is 9.47 Å². The molecule has 1 N–H and O–H groups in total. The first kappa shape index (κ1) is 15.0. The average Bonchev–Trinajstić information content (AvgIpc) is 2.40. The molecule has 0 saturated carbocycles. The number of para-hydroxylation sites is 1. The van der Waals surface area contributed by atoms with Crippen molar-refractivity contribution < 1.29 is 19.1 Å². The summed E-state index contributed by atoms with van der Waals surface area (Å²) in [6.07, 6.45) is -1.59. The first-order chi connectivity index (χ1) is 9.04. The van der Waals surface area contributed by atoms with Crippen LogP contribution in [-0.2, 0) is 14.3 Å². The molecule has 0 bridgehead atoms. The Bertz CT molecular complexity index is 419. The highest BCUT2D eigenvalue weighted by molar-refractivity contribution is 5.84. The Balaban J connectivity index is 2.47. The minimum Gasteiger partial charge on any atom is -0.479 e. The summed E-state index contributed by atoms with van der Waals surface area (Å²) in [5.41, 5.74) is 0. The van der Waals surface area contributed by atoms with E-state index in [1.54, 1.807) is 26.0 Å². The highest BCUT2D eigenvalue weighted by Crippen LogP contribution is 2.11. The fraction of sp³-hybridized carbons (Fsp3) is 0.429. The van der Waals surface area contributed by atoms with Gasteiger partial charge in [-0.2, -0.15) is 0 Å². The van der Waals surface area contributed by atoms with E-state index in [1.165, 1.54) is 6.92 Å². The maximum absolute atomic E-state index is 11.7. The van der Waals surface area contributed by atoms with Gasteiger partial charge in [0, 0.05) is 6.54 Å². The topological polar surface area (TPSA) is 64.6 Å². The van der Waals surface area contributed by atoms with Gasteiger partial charge in [0.15, 0.2) is 12.2 Å². The first-order valence-electron chi connectivity index (χ1n) is 6.24. The summed E-state index contributed by atoms with van der Waals surface area (Å²) in [5, 5.41) is 2.58. The van der Waals surface area contributed by atoms with Gasteiger partial charge < -0.3 is 14.8 Å². The largest absolute Gasteiger partial charge is 0.479 e. The highest BCUT2D eigenvalue weighted by Gasteiger charge is 2.22. The van der Waals surface area contributed by atoms with Crippen LogP contribution in [0.2, 0.25) is 0 Å². The van der Waals surface area contributed by atoms with Gasteiger partial charge in [0.1, 0.15) is 5.75 Å². The van der Waals surface area contributed by atoms with Crippen molar-refractivity contribution in [2.24, 2.45) is 0 Å². The molecule has 0 radical (unpaired) electrons. The second-order valence-electron chi connectivity index (χ2n) is 4.05. The molecule has 0 unspecified atom stereocenters. The van der Waals surface area contributed by atoms with Crippen molar-refractivity contribution in [1.29, 1.82) is 0 Å². The summed E-state index contributed by atoms with van der Waals surface area (Å²) in [5.74, 6) is -0.303. The summed E-state index contributed by atoms with van der Waals surface area (Å²) < 4.78 is 10.4. The molecule has 0 fully saturated rings. The molecule has 104 valence electrons. The van der Waals surface area contributed by atoms with E-state index in [2.05, 4.69) is 5.32 Å². The van der Waals surface area contributed by atoms with Crippen LogP contribution in [0.15, 0.2) is 30.3 Å². The number of ether oxygens (including phenoxy) is 2. The first-order valence-corrected chi connectivity index (χ1v) is 6.24. The van der Waals surface area contributed by atoms with Crippen molar-refractivity contribution in [3.05, 3.63) is 30.3 Å². The number of hydrogen-bond donors (Lipinski definition) is 1. The molecule has 0 spiro atoms. The summed E-state index contributed by atoms with van der Waals surface area (Å²) in [4.78, 5) is 23.2. The van der Waals surface area contributed by atoms with E-state index in [9.17, 15) is 9.59 Å². The van der Waals surface area contributed by atoms with Crippen LogP contribution in [0.4, 0.5) is 0 Å². The van der Waals surface area contributed by atoms with Gasteiger partial charge in [-0.3, -0.25) is 4.79 Å². The predicted molar refractivity (Wildman–Crippen MR) is 70.8 cm³/mol. The molecule has 0 aromatic heterocycles. The van der Waals surface area contributed by atoms with E-state index in [0.29, 0.717) is 12.3 Å². The van der Waals surface area contributed by atoms with Crippen molar-refractivity contribution >= 4 is 11.9 Å². The van der Waals surface area contributed by atoms with Crippen LogP contribution in [0.25, 0.3) is 0 Å². The Morgan fingerprint density at radius 3 is 2.37 bits per heavy atom. The van der Waals surface area contributed by atoms with Gasteiger partial charge >= 0.3 is 5.97 Å². The van der Waals surface area contributed by atoms with E-state index >= 15 is 0 Å². The van der Waals surface area contributed by atoms with Gasteiger partial charge in [-0.1, -0.05) is 18.2 Å². The highest BCUT2D eigenvalue weighted by atomic mass is 16.6. The zero-order chi connectivity index (χ0) is 14.3. The molecule has 1 rings (SSSR count). The quantitative estimate of drug-likeness (QED) is 0.792. The number of carbonyl (C=O) groups excluding carboxylic acids is 2. The molecule has 5 heteroatoms. The van der Waals surface area contributed by atoms with Crippen LogP contribution in [0, 0.1) is 0 Å². The minimum atomic E-state index is -0.825. The normalized spacial score (nSPS) is 13.2. The SMILES string of the molecule is CCNC(=O)[C@@H](C)OC(=O)[C@H](C)Oc1ccccc1. The number of esters is 1. The molecule has 2 atom stereocenters. The predicted octanol–water partition coefficient (Wildman–Crippen LogP) is 1.52. The molecule has 0 aliphatic heterocycles. The lowest BCUT2D eigenvalue weighted by atomic mass is 10.3. The summed E-state index contributed by atoms with van der Waals surface area (Å²) in [6, 6.07) is 8.97. The lowest BCUT2D eigenvalue weighted by molar-refractivity contribution is -0.160. The fourth-order valence-electron chi connectivity index (χ4n) is 1.39. The Labute approximate surface area is 112 Å². The van der Waals surface area contributed by atoms with E-state index in [1.807, 2.05) is 18.2 Å². The number of nitrogens with one attached hydrogen (secondary N) is 1. The van der Waals surface area contributed by atoms with Gasteiger partial charge in [0.05, 0.1) is 0 Å². The Morgan fingerprint density at radius 2 is 1.79 bits per heavy atom. The maximum atomic E-state index is 11.7. The molecule has 1 amide bonds. The van der Waals surface area contributed by atoms with Gasteiger partial charge in [-0.15, -0.1) is 0 Å². The zero-order valence-electron chi connectivity index (χ0n) is 11.4. The summed E-state index contributed by atoms with van der Waals surface area (Å²) in [7, 11) is 0. The second kappa shape index (κ2) is 7.41. The van der Waals surface area contributed by atoms with E-state index < -0.39 is 18.2 Å². The number of carbonyl (C=O) groups is 2. The molecular formula is C14H19NO4.